The Balaban J connectivity index is 1.96. The Morgan fingerprint density at radius 3 is 2.80 bits per heavy atom. The third kappa shape index (κ3) is 2.28. The van der Waals surface area contributed by atoms with Crippen LogP contribution in [0.25, 0.3) is 11.2 Å². The van der Waals surface area contributed by atoms with Crippen LogP contribution < -0.4 is 5.32 Å². The number of rotatable bonds is 4. The van der Waals surface area contributed by atoms with Gasteiger partial charge in [0.25, 0.3) is 0 Å². The van der Waals surface area contributed by atoms with E-state index in [-0.39, 0.29) is 23.9 Å². The Kier molecular flexibility index (Phi) is 3.20. The Morgan fingerprint density at radius 2 is 2.15 bits per heavy atom. The first kappa shape index (κ1) is 13.1. The molecule has 1 aliphatic carbocycles. The van der Waals surface area contributed by atoms with E-state index in [2.05, 4.69) is 33.7 Å². The second-order valence-corrected chi connectivity index (χ2v) is 5.78. The van der Waals surface area contributed by atoms with Gasteiger partial charge < -0.3 is 9.88 Å². The molecule has 5 heteroatoms. The maximum absolute atomic E-state index is 11.9. The molecule has 2 aromatic heterocycles. The number of carbonyl (C=O) groups excluding carboxylic acids is 1. The van der Waals surface area contributed by atoms with Crippen molar-refractivity contribution in [3.8, 4) is 0 Å². The van der Waals surface area contributed by atoms with Crippen molar-refractivity contribution >= 4 is 17.1 Å². The molecule has 20 heavy (non-hydrogen) atoms. The number of amides is 1. The number of fused-ring (bicyclic) bond motifs is 1. The van der Waals surface area contributed by atoms with Gasteiger partial charge in [0.05, 0.1) is 6.04 Å². The van der Waals surface area contributed by atoms with Crippen molar-refractivity contribution in [1.29, 1.82) is 0 Å². The van der Waals surface area contributed by atoms with Crippen molar-refractivity contribution in [2.24, 2.45) is 5.92 Å². The topological polar surface area (TPSA) is 59.8 Å². The number of imidazole rings is 1. The minimum Gasteiger partial charge on any atom is -0.346 e. The SMILES string of the molecule is CC(NC(=O)C1CC1)c1nc2cccnc2n1C(C)C. The van der Waals surface area contributed by atoms with Crippen LogP contribution in [0.3, 0.4) is 0 Å². The monoisotopic (exact) mass is 272 g/mol. The summed E-state index contributed by atoms with van der Waals surface area (Å²) in [6.45, 7) is 6.20. The molecule has 0 bridgehead atoms. The number of carbonyl (C=O) groups is 1. The van der Waals surface area contributed by atoms with Crippen molar-refractivity contribution in [3.05, 3.63) is 24.2 Å². The zero-order valence-corrected chi connectivity index (χ0v) is 12.1. The van der Waals surface area contributed by atoms with Gasteiger partial charge in [0.2, 0.25) is 5.91 Å². The zero-order valence-electron chi connectivity index (χ0n) is 12.1. The highest BCUT2D eigenvalue weighted by atomic mass is 16.2. The van der Waals surface area contributed by atoms with Crippen molar-refractivity contribution in [3.63, 3.8) is 0 Å². The van der Waals surface area contributed by atoms with Gasteiger partial charge in [-0.1, -0.05) is 0 Å². The van der Waals surface area contributed by atoms with E-state index in [9.17, 15) is 4.79 Å². The fourth-order valence-electron chi connectivity index (χ4n) is 2.50. The molecular formula is C15H20N4O. The lowest BCUT2D eigenvalue weighted by Gasteiger charge is -2.18. The predicted octanol–water partition coefficient (Wildman–Crippen LogP) is 2.60. The number of pyridine rings is 1. The first-order valence-electron chi connectivity index (χ1n) is 7.21. The molecule has 1 amide bonds. The second kappa shape index (κ2) is 4.89. The van der Waals surface area contributed by atoms with Gasteiger partial charge in [-0.2, -0.15) is 0 Å². The number of nitrogens with zero attached hydrogens (tertiary/aromatic N) is 3. The van der Waals surface area contributed by atoms with Crippen LogP contribution in [0.5, 0.6) is 0 Å². The highest BCUT2D eigenvalue weighted by Crippen LogP contribution is 2.30. The standard InChI is InChI=1S/C15H20N4O/c1-9(2)19-13(10(3)17-15(20)11-6-7-11)18-12-5-4-8-16-14(12)19/h4-5,8-11H,6-7H2,1-3H3,(H,17,20). The summed E-state index contributed by atoms with van der Waals surface area (Å²) in [5, 5.41) is 3.06. The Morgan fingerprint density at radius 1 is 1.40 bits per heavy atom. The smallest absolute Gasteiger partial charge is 0.223 e. The summed E-state index contributed by atoms with van der Waals surface area (Å²) in [5.74, 6) is 1.24. The normalized spacial score (nSPS) is 16.6. The fourth-order valence-corrected chi connectivity index (χ4v) is 2.50. The average molecular weight is 272 g/mol. The molecule has 1 fully saturated rings. The van der Waals surface area contributed by atoms with Gasteiger partial charge in [-0.25, -0.2) is 9.97 Å². The van der Waals surface area contributed by atoms with Gasteiger partial charge in [0.1, 0.15) is 11.3 Å². The first-order chi connectivity index (χ1) is 9.58. The van der Waals surface area contributed by atoms with Crippen LogP contribution in [0.2, 0.25) is 0 Å². The van der Waals surface area contributed by atoms with E-state index < -0.39 is 0 Å². The fraction of sp³-hybridized carbons (Fsp3) is 0.533. The van der Waals surface area contributed by atoms with Crippen molar-refractivity contribution in [1.82, 2.24) is 19.9 Å². The lowest BCUT2D eigenvalue weighted by Crippen LogP contribution is -2.30. The molecule has 5 nitrogen and oxygen atoms in total. The van der Waals surface area contributed by atoms with E-state index >= 15 is 0 Å². The molecule has 1 aliphatic rings. The predicted molar refractivity (Wildman–Crippen MR) is 77.2 cm³/mol. The van der Waals surface area contributed by atoms with Gasteiger partial charge in [0.15, 0.2) is 5.65 Å². The molecule has 1 N–H and O–H groups in total. The van der Waals surface area contributed by atoms with E-state index in [1.54, 1.807) is 6.20 Å². The number of aromatic nitrogens is 3. The molecular weight excluding hydrogens is 252 g/mol. The minimum atomic E-state index is -0.0975. The number of hydrogen-bond donors (Lipinski definition) is 1. The highest BCUT2D eigenvalue weighted by molar-refractivity contribution is 5.81. The van der Waals surface area contributed by atoms with Gasteiger partial charge in [-0.15, -0.1) is 0 Å². The summed E-state index contributed by atoms with van der Waals surface area (Å²) in [6.07, 6.45) is 3.81. The second-order valence-electron chi connectivity index (χ2n) is 5.78. The summed E-state index contributed by atoms with van der Waals surface area (Å²) >= 11 is 0. The molecule has 1 saturated carbocycles. The Labute approximate surface area is 118 Å². The van der Waals surface area contributed by atoms with Crippen LogP contribution in [0.15, 0.2) is 18.3 Å². The summed E-state index contributed by atoms with van der Waals surface area (Å²) in [5.41, 5.74) is 1.76. The molecule has 0 radical (unpaired) electrons. The molecule has 2 heterocycles. The van der Waals surface area contributed by atoms with Gasteiger partial charge >= 0.3 is 0 Å². The lowest BCUT2D eigenvalue weighted by atomic mass is 10.2. The molecule has 0 aliphatic heterocycles. The van der Waals surface area contributed by atoms with E-state index in [0.717, 1.165) is 29.8 Å². The maximum atomic E-state index is 11.9. The Hall–Kier alpha value is -1.91. The van der Waals surface area contributed by atoms with Crippen LogP contribution in [0.1, 0.15) is 51.5 Å². The minimum absolute atomic E-state index is 0.0975. The van der Waals surface area contributed by atoms with Crippen molar-refractivity contribution in [2.75, 3.05) is 0 Å². The third-order valence-electron chi connectivity index (χ3n) is 3.69. The molecule has 1 atom stereocenters. The molecule has 0 spiro atoms. The molecule has 0 saturated heterocycles. The van der Waals surface area contributed by atoms with Crippen LogP contribution in [-0.4, -0.2) is 20.4 Å². The van der Waals surface area contributed by atoms with E-state index in [4.69, 9.17) is 0 Å². The number of hydrogen-bond acceptors (Lipinski definition) is 3. The largest absolute Gasteiger partial charge is 0.346 e. The summed E-state index contributed by atoms with van der Waals surface area (Å²) < 4.78 is 2.10. The van der Waals surface area contributed by atoms with E-state index in [1.807, 2.05) is 19.1 Å². The molecule has 0 aromatic carbocycles. The van der Waals surface area contributed by atoms with Crippen LogP contribution >= 0.6 is 0 Å². The quantitative estimate of drug-likeness (QED) is 0.930. The summed E-state index contributed by atoms with van der Waals surface area (Å²) in [4.78, 5) is 21.0. The van der Waals surface area contributed by atoms with Crippen LogP contribution in [0, 0.1) is 5.92 Å². The summed E-state index contributed by atoms with van der Waals surface area (Å²) in [7, 11) is 0. The van der Waals surface area contributed by atoms with E-state index in [0.29, 0.717) is 0 Å². The number of nitrogens with one attached hydrogen (secondary N) is 1. The lowest BCUT2D eigenvalue weighted by molar-refractivity contribution is -0.123. The van der Waals surface area contributed by atoms with Gasteiger partial charge in [-0.05, 0) is 45.7 Å². The Bertz CT molecular complexity index is 642. The molecule has 106 valence electrons. The third-order valence-corrected chi connectivity index (χ3v) is 3.69. The van der Waals surface area contributed by atoms with Crippen LogP contribution in [-0.2, 0) is 4.79 Å². The molecule has 2 aromatic rings. The van der Waals surface area contributed by atoms with Gasteiger partial charge in [0, 0.05) is 18.2 Å². The average Bonchev–Trinajstić information content (AvgIpc) is 3.18. The molecule has 1 unspecified atom stereocenters. The zero-order chi connectivity index (χ0) is 14.3. The van der Waals surface area contributed by atoms with Crippen LogP contribution in [0.4, 0.5) is 0 Å². The highest BCUT2D eigenvalue weighted by Gasteiger charge is 2.31. The first-order valence-corrected chi connectivity index (χ1v) is 7.21. The van der Waals surface area contributed by atoms with Crippen molar-refractivity contribution in [2.45, 2.75) is 45.7 Å². The van der Waals surface area contributed by atoms with Crippen molar-refractivity contribution < 1.29 is 4.79 Å². The van der Waals surface area contributed by atoms with E-state index in [1.165, 1.54) is 0 Å². The van der Waals surface area contributed by atoms with Gasteiger partial charge in [-0.3, -0.25) is 4.79 Å². The summed E-state index contributed by atoms with van der Waals surface area (Å²) in [6, 6.07) is 4.00. The maximum Gasteiger partial charge on any atom is 0.223 e. The molecule has 3 rings (SSSR count).